The molecule has 0 spiro atoms. The highest BCUT2D eigenvalue weighted by Gasteiger charge is 2.33. The Kier molecular flexibility index (Phi) is 4.84. The molecule has 1 fully saturated rings. The van der Waals surface area contributed by atoms with Crippen molar-refractivity contribution in [1.82, 2.24) is 4.31 Å². The topological polar surface area (TPSA) is 63.4 Å². The van der Waals surface area contributed by atoms with E-state index in [1.807, 2.05) is 6.92 Å². The van der Waals surface area contributed by atoms with Gasteiger partial charge < -0.3 is 5.73 Å². The summed E-state index contributed by atoms with van der Waals surface area (Å²) in [7, 11) is -3.68. The molecule has 1 aliphatic rings. The lowest BCUT2D eigenvalue weighted by molar-refractivity contribution is 0.396. The molecule has 0 saturated heterocycles. The average molecular weight is 337 g/mol. The summed E-state index contributed by atoms with van der Waals surface area (Å²) in [5.74, 6) is 0.462. The summed E-state index contributed by atoms with van der Waals surface area (Å²) in [6, 6.07) is 2.83. The molecule has 0 atom stereocenters. The number of hydrogen-bond acceptors (Lipinski definition) is 3. The van der Waals surface area contributed by atoms with Gasteiger partial charge in [-0.25, -0.2) is 8.42 Å². The Morgan fingerprint density at radius 1 is 1.35 bits per heavy atom. The van der Waals surface area contributed by atoms with E-state index in [-0.39, 0.29) is 15.6 Å². The van der Waals surface area contributed by atoms with E-state index in [4.69, 9.17) is 28.9 Å². The van der Waals surface area contributed by atoms with Crippen LogP contribution in [0.4, 0.5) is 5.69 Å². The number of nitrogens with zero attached hydrogens (tertiary/aromatic N) is 1. The number of sulfonamides is 1. The second-order valence-electron chi connectivity index (χ2n) is 5.11. The SMILES string of the molecule is CCCN(CC1CC1)S(=O)(=O)c1c(N)cc(Cl)cc1Cl. The van der Waals surface area contributed by atoms with Crippen LogP contribution in [0.2, 0.25) is 10.0 Å². The molecule has 0 aromatic heterocycles. The molecule has 0 bridgehead atoms. The number of benzene rings is 1. The Bertz CT molecular complexity index is 577. The van der Waals surface area contributed by atoms with Crippen LogP contribution in [0.3, 0.4) is 0 Å². The van der Waals surface area contributed by atoms with Gasteiger partial charge in [-0.1, -0.05) is 30.1 Å². The third-order valence-corrected chi connectivity index (χ3v) is 5.88. The number of rotatable bonds is 6. The highest BCUT2D eigenvalue weighted by molar-refractivity contribution is 7.89. The van der Waals surface area contributed by atoms with E-state index in [1.165, 1.54) is 16.4 Å². The fourth-order valence-electron chi connectivity index (χ4n) is 2.13. The maximum absolute atomic E-state index is 12.8. The second-order valence-corrected chi connectivity index (χ2v) is 7.83. The zero-order chi connectivity index (χ0) is 14.9. The standard InChI is InChI=1S/C13H18Cl2N2O2S/c1-2-5-17(8-9-3-4-9)20(18,19)13-11(15)6-10(14)7-12(13)16/h6-7,9H,2-5,8,16H2,1H3. The van der Waals surface area contributed by atoms with E-state index < -0.39 is 10.0 Å². The van der Waals surface area contributed by atoms with Crippen LogP contribution in [0.15, 0.2) is 17.0 Å². The molecule has 2 rings (SSSR count). The minimum Gasteiger partial charge on any atom is -0.398 e. The Hall–Kier alpha value is -0.490. The minimum absolute atomic E-state index is 0.0299. The largest absolute Gasteiger partial charge is 0.398 e. The Morgan fingerprint density at radius 2 is 2.00 bits per heavy atom. The smallest absolute Gasteiger partial charge is 0.246 e. The van der Waals surface area contributed by atoms with Crippen LogP contribution in [-0.2, 0) is 10.0 Å². The summed E-state index contributed by atoms with van der Waals surface area (Å²) >= 11 is 11.9. The summed E-state index contributed by atoms with van der Waals surface area (Å²) in [5.41, 5.74) is 5.91. The van der Waals surface area contributed by atoms with Gasteiger partial charge in [-0.15, -0.1) is 0 Å². The van der Waals surface area contributed by atoms with Crippen LogP contribution in [0.1, 0.15) is 26.2 Å². The van der Waals surface area contributed by atoms with Crippen LogP contribution in [0, 0.1) is 5.92 Å². The highest BCUT2D eigenvalue weighted by Crippen LogP contribution is 2.36. The molecule has 1 aromatic carbocycles. The van der Waals surface area contributed by atoms with Crippen molar-refractivity contribution in [2.75, 3.05) is 18.8 Å². The van der Waals surface area contributed by atoms with Crippen molar-refractivity contribution >= 4 is 38.9 Å². The fraction of sp³-hybridized carbons (Fsp3) is 0.538. The number of nitrogen functional groups attached to an aromatic ring is 1. The molecule has 112 valence electrons. The summed E-state index contributed by atoms with van der Waals surface area (Å²) < 4.78 is 27.0. The third-order valence-electron chi connectivity index (χ3n) is 3.27. The zero-order valence-electron chi connectivity index (χ0n) is 11.3. The number of hydrogen-bond donors (Lipinski definition) is 1. The van der Waals surface area contributed by atoms with Gasteiger partial charge in [0.15, 0.2) is 0 Å². The van der Waals surface area contributed by atoms with Gasteiger partial charge in [-0.05, 0) is 37.3 Å². The van der Waals surface area contributed by atoms with E-state index >= 15 is 0 Å². The van der Waals surface area contributed by atoms with Crippen molar-refractivity contribution in [2.24, 2.45) is 5.92 Å². The van der Waals surface area contributed by atoms with Crippen LogP contribution in [-0.4, -0.2) is 25.8 Å². The van der Waals surface area contributed by atoms with Gasteiger partial charge in [0, 0.05) is 18.1 Å². The average Bonchev–Trinajstić information content (AvgIpc) is 3.10. The van der Waals surface area contributed by atoms with Crippen LogP contribution in [0.25, 0.3) is 0 Å². The zero-order valence-corrected chi connectivity index (χ0v) is 13.6. The van der Waals surface area contributed by atoms with E-state index in [2.05, 4.69) is 0 Å². The fourth-order valence-corrected chi connectivity index (χ4v) is 4.68. The first-order valence-electron chi connectivity index (χ1n) is 6.61. The van der Waals surface area contributed by atoms with Crippen LogP contribution >= 0.6 is 23.2 Å². The Balaban J connectivity index is 2.41. The Morgan fingerprint density at radius 3 is 2.50 bits per heavy atom. The first-order chi connectivity index (χ1) is 9.36. The first kappa shape index (κ1) is 15.9. The third kappa shape index (κ3) is 3.39. The molecule has 0 unspecified atom stereocenters. The van der Waals surface area contributed by atoms with E-state index in [1.54, 1.807) is 0 Å². The molecule has 0 aliphatic heterocycles. The predicted molar refractivity (Wildman–Crippen MR) is 82.6 cm³/mol. The van der Waals surface area contributed by atoms with Crippen LogP contribution in [0.5, 0.6) is 0 Å². The van der Waals surface area contributed by atoms with E-state index in [0.717, 1.165) is 19.3 Å². The molecule has 1 aliphatic carbocycles. The van der Waals surface area contributed by atoms with Gasteiger partial charge in [0.25, 0.3) is 0 Å². The van der Waals surface area contributed by atoms with Gasteiger partial charge in [-0.3, -0.25) is 0 Å². The molecule has 1 saturated carbocycles. The summed E-state index contributed by atoms with van der Waals surface area (Å²) in [6.45, 7) is 2.95. The van der Waals surface area contributed by atoms with E-state index in [0.29, 0.717) is 24.0 Å². The normalized spacial score (nSPS) is 15.8. The lowest BCUT2D eigenvalue weighted by Crippen LogP contribution is -2.34. The van der Waals surface area contributed by atoms with Crippen molar-refractivity contribution in [3.63, 3.8) is 0 Å². The maximum Gasteiger partial charge on any atom is 0.246 e. The van der Waals surface area contributed by atoms with Crippen LogP contribution < -0.4 is 5.73 Å². The summed E-state index contributed by atoms with van der Waals surface area (Å²) in [4.78, 5) is -0.0299. The molecule has 1 aromatic rings. The summed E-state index contributed by atoms with van der Waals surface area (Å²) in [5, 5.41) is 0.405. The van der Waals surface area contributed by atoms with Crippen molar-refractivity contribution < 1.29 is 8.42 Å². The van der Waals surface area contributed by atoms with Crippen molar-refractivity contribution in [3.05, 3.63) is 22.2 Å². The molecule has 0 radical (unpaired) electrons. The van der Waals surface area contributed by atoms with Crippen molar-refractivity contribution in [3.8, 4) is 0 Å². The maximum atomic E-state index is 12.8. The van der Waals surface area contributed by atoms with Gasteiger partial charge in [-0.2, -0.15) is 4.31 Å². The molecule has 0 amide bonds. The number of halogens is 2. The molecule has 4 nitrogen and oxygen atoms in total. The molecular formula is C13H18Cl2N2O2S. The van der Waals surface area contributed by atoms with Crippen molar-refractivity contribution in [1.29, 1.82) is 0 Å². The molecule has 7 heteroatoms. The lowest BCUT2D eigenvalue weighted by Gasteiger charge is -2.23. The molecular weight excluding hydrogens is 319 g/mol. The lowest BCUT2D eigenvalue weighted by atomic mass is 10.3. The number of anilines is 1. The van der Waals surface area contributed by atoms with Gasteiger partial charge in [0.1, 0.15) is 4.90 Å². The molecule has 0 heterocycles. The molecule has 20 heavy (non-hydrogen) atoms. The van der Waals surface area contributed by atoms with Crippen molar-refractivity contribution in [2.45, 2.75) is 31.1 Å². The number of nitrogens with two attached hydrogens (primary N) is 1. The minimum atomic E-state index is -3.68. The molecule has 2 N–H and O–H groups in total. The first-order valence-corrected chi connectivity index (χ1v) is 8.80. The van der Waals surface area contributed by atoms with Gasteiger partial charge in [0.2, 0.25) is 10.0 Å². The van der Waals surface area contributed by atoms with Gasteiger partial charge >= 0.3 is 0 Å². The van der Waals surface area contributed by atoms with Gasteiger partial charge in [0.05, 0.1) is 10.7 Å². The second kappa shape index (κ2) is 6.10. The monoisotopic (exact) mass is 336 g/mol. The predicted octanol–water partition coefficient (Wildman–Crippen LogP) is 3.39. The Labute approximate surface area is 129 Å². The summed E-state index contributed by atoms with van der Waals surface area (Å²) in [6.07, 6.45) is 2.91. The highest BCUT2D eigenvalue weighted by atomic mass is 35.5. The quantitative estimate of drug-likeness (QED) is 0.810. The van der Waals surface area contributed by atoms with E-state index in [9.17, 15) is 8.42 Å².